The van der Waals surface area contributed by atoms with Crippen molar-refractivity contribution in [2.45, 2.75) is 211 Å². The number of likely N-dealkylation sites (N-methyl/N-ethyl adjacent to an activating group) is 2. The summed E-state index contributed by atoms with van der Waals surface area (Å²) in [6.45, 7) is 17.7. The summed E-state index contributed by atoms with van der Waals surface area (Å²) in [5, 5.41) is 58.2. The van der Waals surface area contributed by atoms with E-state index in [0.717, 1.165) is 12.8 Å². The lowest BCUT2D eigenvalue weighted by Crippen LogP contribution is -2.61. The average molecular weight is 1130 g/mol. The normalized spacial score (nSPS) is 37.8. The molecule has 3 aliphatic heterocycles. The van der Waals surface area contributed by atoms with Crippen LogP contribution in [0.4, 0.5) is 0 Å². The van der Waals surface area contributed by atoms with E-state index in [-0.39, 0.29) is 91.3 Å². The van der Waals surface area contributed by atoms with Gasteiger partial charge in [0, 0.05) is 50.3 Å². The number of ether oxygens (including phenoxy) is 9. The number of cyclic esters (lactones) is 1. The highest BCUT2D eigenvalue weighted by molar-refractivity contribution is 6.32. The predicted molar refractivity (Wildman–Crippen MR) is 287 cm³/mol. The molecule has 6 rings (SSSR count). The van der Waals surface area contributed by atoms with Gasteiger partial charge < -0.3 is 82.5 Å². The Morgan fingerprint density at radius 2 is 1.62 bits per heavy atom. The molecular formula is C56H88ClN3O18. The summed E-state index contributed by atoms with van der Waals surface area (Å²) in [7, 11) is 7.02. The smallest absolute Gasteiger partial charge is 0.341 e. The molecule has 5 N–H and O–H groups in total. The van der Waals surface area contributed by atoms with E-state index in [1.807, 2.05) is 44.8 Å². The van der Waals surface area contributed by atoms with Crippen LogP contribution in [0.3, 0.4) is 0 Å². The fraction of sp³-hybridized carbons (Fsp3) is 0.786. The molecule has 22 heteroatoms. The SMILES string of the molecule is CC[C@H]1OC(=O)[C@H](C)[C@@H](O[C@H]2C[C@@](C)(OC)[C@@H](OC(=O)CCOCCOc3cc4c(=O)c(C(=O)O)cn(C5CC5)c4cc3Cl)[C@H](C)O2)[C@H](C)[C@@H](O[C@@H]2O[C@H](C)C[C@H](N(C)C)[C@H]2O)[C@](C)(O)C[C@@H](C)CN(C)[C@H](C)[C@@H](O)[C@]1(C)O. The summed E-state index contributed by atoms with van der Waals surface area (Å²) in [6, 6.07) is 2.18. The second kappa shape index (κ2) is 26.1. The van der Waals surface area contributed by atoms with Gasteiger partial charge in [0.1, 0.15) is 47.4 Å². The fourth-order valence-electron chi connectivity index (χ4n) is 11.9. The number of carbonyl (C=O) groups is 3. The maximum Gasteiger partial charge on any atom is 0.341 e. The zero-order valence-corrected chi connectivity index (χ0v) is 48.8. The highest BCUT2D eigenvalue weighted by atomic mass is 35.5. The number of fused-ring (bicyclic) bond motifs is 1. The summed E-state index contributed by atoms with van der Waals surface area (Å²) in [5.74, 6) is -4.69. The molecule has 3 saturated heterocycles. The molecule has 1 aromatic carbocycles. The highest BCUT2D eigenvalue weighted by Crippen LogP contribution is 2.42. The van der Waals surface area contributed by atoms with Crippen LogP contribution in [0, 0.1) is 17.8 Å². The van der Waals surface area contributed by atoms with E-state index in [4.69, 9.17) is 54.2 Å². The minimum atomic E-state index is -1.88. The topological polar surface area (TPSA) is 264 Å². The first-order chi connectivity index (χ1) is 36.5. The Morgan fingerprint density at radius 1 is 0.936 bits per heavy atom. The molecule has 0 spiro atoms. The van der Waals surface area contributed by atoms with Crippen molar-refractivity contribution in [2.24, 2.45) is 17.8 Å². The molecule has 1 aromatic heterocycles. The van der Waals surface area contributed by atoms with Gasteiger partial charge in [-0.15, -0.1) is 0 Å². The third-order valence-corrected chi connectivity index (χ3v) is 16.9. The summed E-state index contributed by atoms with van der Waals surface area (Å²) < 4.78 is 58.0. The molecule has 18 atom stereocenters. The van der Waals surface area contributed by atoms with Crippen LogP contribution >= 0.6 is 11.6 Å². The highest BCUT2D eigenvalue weighted by Gasteiger charge is 2.54. The van der Waals surface area contributed by atoms with Gasteiger partial charge in [-0.2, -0.15) is 0 Å². The maximum atomic E-state index is 14.6. The molecule has 1 saturated carbocycles. The molecule has 21 nitrogen and oxygen atoms in total. The first-order valence-electron chi connectivity index (χ1n) is 27.5. The molecule has 78 heavy (non-hydrogen) atoms. The minimum Gasteiger partial charge on any atom is -0.490 e. The Kier molecular flexibility index (Phi) is 21.3. The monoisotopic (exact) mass is 1130 g/mol. The van der Waals surface area contributed by atoms with E-state index in [1.54, 1.807) is 59.1 Å². The number of rotatable bonds is 17. The number of aliphatic hydroxyl groups is 4. The molecular weight excluding hydrogens is 1040 g/mol. The number of hydrogen-bond donors (Lipinski definition) is 5. The van der Waals surface area contributed by atoms with Gasteiger partial charge in [0.05, 0.1) is 71.5 Å². The van der Waals surface area contributed by atoms with Gasteiger partial charge in [0.15, 0.2) is 18.7 Å². The van der Waals surface area contributed by atoms with E-state index in [0.29, 0.717) is 18.5 Å². The predicted octanol–water partition coefficient (Wildman–Crippen LogP) is 4.94. The Balaban J connectivity index is 1.18. The Morgan fingerprint density at radius 3 is 2.23 bits per heavy atom. The van der Waals surface area contributed by atoms with Crippen molar-refractivity contribution in [3.8, 4) is 5.75 Å². The lowest BCUT2D eigenvalue weighted by Gasteiger charge is -2.49. The molecule has 2 aromatic rings. The van der Waals surface area contributed by atoms with Gasteiger partial charge in [-0.1, -0.05) is 32.4 Å². The number of aromatic carboxylic acids is 1. The van der Waals surface area contributed by atoms with Gasteiger partial charge in [-0.25, -0.2) is 4.79 Å². The number of benzene rings is 1. The van der Waals surface area contributed by atoms with E-state index in [9.17, 15) is 44.7 Å². The number of nitrogens with zero attached hydrogens (tertiary/aromatic N) is 3. The first-order valence-corrected chi connectivity index (χ1v) is 27.9. The lowest BCUT2D eigenvalue weighted by molar-refractivity contribution is -0.318. The van der Waals surface area contributed by atoms with Crippen LogP contribution in [0.25, 0.3) is 10.9 Å². The molecule has 0 unspecified atom stereocenters. The number of carboxylic acid groups (broad SMARTS) is 1. The van der Waals surface area contributed by atoms with E-state index < -0.39 is 113 Å². The number of hydrogen-bond acceptors (Lipinski definition) is 19. The van der Waals surface area contributed by atoms with Crippen LogP contribution in [0.2, 0.25) is 5.02 Å². The van der Waals surface area contributed by atoms with Crippen molar-refractivity contribution in [3.63, 3.8) is 0 Å². The molecule has 1 aliphatic carbocycles. The van der Waals surface area contributed by atoms with Crippen LogP contribution in [0.15, 0.2) is 23.1 Å². The van der Waals surface area contributed by atoms with Gasteiger partial charge in [0.2, 0.25) is 5.43 Å². The van der Waals surface area contributed by atoms with Crippen LogP contribution < -0.4 is 10.2 Å². The molecule has 4 fully saturated rings. The molecule has 0 radical (unpaired) electrons. The number of aromatic nitrogens is 1. The van der Waals surface area contributed by atoms with Crippen molar-refractivity contribution in [1.82, 2.24) is 14.4 Å². The Bertz CT molecular complexity index is 2440. The van der Waals surface area contributed by atoms with Crippen LogP contribution in [0.5, 0.6) is 5.75 Å². The van der Waals surface area contributed by atoms with Crippen molar-refractivity contribution in [1.29, 1.82) is 0 Å². The number of methoxy groups -OCH3 is 1. The molecule has 0 bridgehead atoms. The van der Waals surface area contributed by atoms with Crippen LogP contribution in [-0.2, 0) is 47.5 Å². The van der Waals surface area contributed by atoms with Crippen LogP contribution in [0.1, 0.15) is 131 Å². The second-order valence-corrected chi connectivity index (χ2v) is 23.9. The number of carboxylic acids is 1. The number of pyridine rings is 1. The number of carbonyl (C=O) groups excluding carboxylic acids is 2. The summed E-state index contributed by atoms with van der Waals surface area (Å²) >= 11 is 6.56. The quantitative estimate of drug-likeness (QED) is 0.104. The standard InChI is InChI=1S/C56H88ClN3O18/c1-15-42-56(10,69)48(64)33(6)59(13)27-29(2)25-54(8,68)49(78-53-46(63)40(58(11)12)22-30(3)73-53)31(4)47(32(5)52(67)75-42)77-44-26-55(9,70-14)50(34(7)74-44)76-43(61)18-19-71-20-21-72-41-23-36-39(24-38(41)57)60(35-16-17-35)28-37(45(36)62)51(65)66/h23-24,28-35,40,42,44,46-50,53,63-64,68-69H,15-22,25-27H2,1-14H3,(H,65,66)/t29-,30-,31+,32-,33-,34+,40+,42-,44+,46-,47+,48-,49-,50+,53+,54-,55-,56-/m1/s1. The second-order valence-electron chi connectivity index (χ2n) is 23.5. The summed E-state index contributed by atoms with van der Waals surface area (Å²) in [6.07, 6.45) is -6.47. The molecule has 4 heterocycles. The summed E-state index contributed by atoms with van der Waals surface area (Å²) in [4.78, 5) is 56.8. The Hall–Kier alpha value is -3.55. The minimum absolute atomic E-state index is 0.00171. The zero-order chi connectivity index (χ0) is 57.9. The third-order valence-electron chi connectivity index (χ3n) is 16.6. The first kappa shape index (κ1) is 63.6. The van der Waals surface area contributed by atoms with Crippen LogP contribution in [-0.4, -0.2) is 203 Å². The van der Waals surface area contributed by atoms with Gasteiger partial charge in [-0.3, -0.25) is 14.4 Å². The molecule has 0 amide bonds. The lowest BCUT2D eigenvalue weighted by atomic mass is 9.77. The van der Waals surface area contributed by atoms with E-state index >= 15 is 0 Å². The van der Waals surface area contributed by atoms with E-state index in [1.165, 1.54) is 26.3 Å². The van der Waals surface area contributed by atoms with E-state index in [2.05, 4.69) is 0 Å². The van der Waals surface area contributed by atoms with Crippen molar-refractivity contribution in [2.75, 3.05) is 54.6 Å². The molecule has 4 aliphatic rings. The van der Waals surface area contributed by atoms with Gasteiger partial charge >= 0.3 is 17.9 Å². The largest absolute Gasteiger partial charge is 0.490 e. The third kappa shape index (κ3) is 14.5. The van der Waals surface area contributed by atoms with Crippen molar-refractivity contribution >= 4 is 40.4 Å². The zero-order valence-electron chi connectivity index (χ0n) is 48.0. The van der Waals surface area contributed by atoms with Gasteiger partial charge in [-0.05, 0) is 120 Å². The Labute approximate surface area is 463 Å². The number of esters is 2. The fourth-order valence-corrected chi connectivity index (χ4v) is 12.1. The maximum absolute atomic E-state index is 14.6. The summed E-state index contributed by atoms with van der Waals surface area (Å²) in [5.41, 5.74) is -5.19. The average Bonchev–Trinajstić information content (AvgIpc) is 4.28. The number of aliphatic hydroxyl groups excluding tert-OH is 2. The number of halogens is 1. The van der Waals surface area contributed by atoms with Crippen molar-refractivity contribution < 1.29 is 82.5 Å². The van der Waals surface area contributed by atoms with Gasteiger partial charge in [0.25, 0.3) is 0 Å². The molecule has 442 valence electrons. The van der Waals surface area contributed by atoms with Crippen molar-refractivity contribution in [3.05, 3.63) is 39.1 Å².